The first-order valence-electron chi connectivity index (χ1n) is 5.82. The fourth-order valence-electron chi connectivity index (χ4n) is 1.82. The van der Waals surface area contributed by atoms with Crippen LogP contribution < -0.4 is 0 Å². The molecular formula is C16H19F. The Balaban J connectivity index is 3.05. The third kappa shape index (κ3) is 3.18. The second-order valence-electron chi connectivity index (χ2n) is 4.55. The van der Waals surface area contributed by atoms with Crippen molar-refractivity contribution in [2.75, 3.05) is 0 Å². The molecule has 1 unspecified atom stereocenters. The van der Waals surface area contributed by atoms with Crippen LogP contribution in [0.4, 0.5) is 4.39 Å². The molecule has 0 bridgehead atoms. The van der Waals surface area contributed by atoms with Crippen LogP contribution in [-0.2, 0) is 0 Å². The monoisotopic (exact) mass is 230 g/mol. The van der Waals surface area contributed by atoms with Gasteiger partial charge < -0.3 is 0 Å². The van der Waals surface area contributed by atoms with Crippen molar-refractivity contribution in [1.29, 1.82) is 0 Å². The zero-order chi connectivity index (χ0) is 13.0. The van der Waals surface area contributed by atoms with E-state index in [1.807, 2.05) is 0 Å². The van der Waals surface area contributed by atoms with E-state index in [1.54, 1.807) is 12.1 Å². The van der Waals surface area contributed by atoms with Crippen molar-refractivity contribution in [3.8, 4) is 0 Å². The number of allylic oxidation sites excluding steroid dienone is 2. The SMILES string of the molecule is C=C=C(c1ccc(F)cc1)C(C)C(=C)C(C)C. The van der Waals surface area contributed by atoms with E-state index in [0.717, 1.165) is 16.7 Å². The van der Waals surface area contributed by atoms with Crippen molar-refractivity contribution in [2.24, 2.45) is 11.8 Å². The third-order valence-electron chi connectivity index (χ3n) is 3.08. The maximum Gasteiger partial charge on any atom is 0.123 e. The van der Waals surface area contributed by atoms with Crippen LogP contribution in [0.15, 0.2) is 48.7 Å². The van der Waals surface area contributed by atoms with Gasteiger partial charge in [-0.1, -0.05) is 51.6 Å². The molecule has 1 rings (SSSR count). The summed E-state index contributed by atoms with van der Waals surface area (Å²) in [6.45, 7) is 14.1. The number of hydrogen-bond donors (Lipinski definition) is 0. The van der Waals surface area contributed by atoms with Gasteiger partial charge in [0.2, 0.25) is 0 Å². The number of benzene rings is 1. The van der Waals surface area contributed by atoms with Crippen molar-refractivity contribution in [3.63, 3.8) is 0 Å². The summed E-state index contributed by atoms with van der Waals surface area (Å²) in [6, 6.07) is 6.43. The molecule has 0 saturated carbocycles. The Kier molecular flexibility index (Phi) is 4.48. The van der Waals surface area contributed by atoms with Crippen molar-refractivity contribution >= 4 is 5.57 Å². The highest BCUT2D eigenvalue weighted by atomic mass is 19.1. The van der Waals surface area contributed by atoms with E-state index in [4.69, 9.17) is 0 Å². The van der Waals surface area contributed by atoms with Crippen LogP contribution in [0.1, 0.15) is 26.3 Å². The average Bonchev–Trinajstić information content (AvgIpc) is 2.31. The maximum absolute atomic E-state index is 12.9. The zero-order valence-electron chi connectivity index (χ0n) is 10.8. The predicted molar refractivity (Wildman–Crippen MR) is 72.1 cm³/mol. The quantitative estimate of drug-likeness (QED) is 0.512. The lowest BCUT2D eigenvalue weighted by Crippen LogP contribution is -2.06. The van der Waals surface area contributed by atoms with E-state index in [0.29, 0.717) is 5.92 Å². The molecule has 0 heterocycles. The first-order chi connectivity index (χ1) is 7.97. The Morgan fingerprint density at radius 1 is 1.18 bits per heavy atom. The molecule has 0 amide bonds. The van der Waals surface area contributed by atoms with Crippen molar-refractivity contribution < 1.29 is 4.39 Å². The Morgan fingerprint density at radius 3 is 2.12 bits per heavy atom. The Hall–Kier alpha value is -1.59. The second kappa shape index (κ2) is 5.65. The van der Waals surface area contributed by atoms with Gasteiger partial charge in [0.1, 0.15) is 5.82 Å². The van der Waals surface area contributed by atoms with Gasteiger partial charge in [-0.3, -0.25) is 0 Å². The van der Waals surface area contributed by atoms with Gasteiger partial charge in [-0.2, -0.15) is 0 Å². The van der Waals surface area contributed by atoms with Gasteiger partial charge in [0.15, 0.2) is 0 Å². The number of rotatable bonds is 4. The van der Waals surface area contributed by atoms with Crippen LogP contribution in [0.25, 0.3) is 5.57 Å². The van der Waals surface area contributed by atoms with Gasteiger partial charge in [0.25, 0.3) is 0 Å². The molecule has 90 valence electrons. The van der Waals surface area contributed by atoms with Crippen LogP contribution in [0, 0.1) is 17.7 Å². The van der Waals surface area contributed by atoms with E-state index < -0.39 is 0 Å². The fraction of sp³-hybridized carbons (Fsp3) is 0.312. The molecule has 0 N–H and O–H groups in total. The van der Waals surface area contributed by atoms with Crippen LogP contribution in [-0.4, -0.2) is 0 Å². The molecule has 1 heteroatoms. The highest BCUT2D eigenvalue weighted by molar-refractivity contribution is 5.68. The van der Waals surface area contributed by atoms with Crippen molar-refractivity contribution in [1.82, 2.24) is 0 Å². The first kappa shape index (κ1) is 13.5. The standard InChI is InChI=1S/C16H19F/c1-6-16(13(5)12(4)11(2)3)14-7-9-15(17)10-8-14/h7-11,13H,1,4H2,2-3,5H3. The van der Waals surface area contributed by atoms with E-state index in [9.17, 15) is 4.39 Å². The lowest BCUT2D eigenvalue weighted by molar-refractivity contribution is 0.627. The molecule has 1 aromatic carbocycles. The maximum atomic E-state index is 12.9. The molecule has 0 aliphatic heterocycles. The molecule has 0 saturated heterocycles. The summed E-state index contributed by atoms with van der Waals surface area (Å²) in [7, 11) is 0. The van der Waals surface area contributed by atoms with E-state index in [2.05, 4.69) is 39.7 Å². The molecule has 0 radical (unpaired) electrons. The summed E-state index contributed by atoms with van der Waals surface area (Å²) in [5.74, 6) is 0.360. The van der Waals surface area contributed by atoms with Crippen LogP contribution in [0.3, 0.4) is 0 Å². The number of hydrogen-bond acceptors (Lipinski definition) is 0. The fourth-order valence-corrected chi connectivity index (χ4v) is 1.82. The molecule has 1 aromatic rings. The lowest BCUT2D eigenvalue weighted by atomic mass is 9.84. The average molecular weight is 230 g/mol. The van der Waals surface area contributed by atoms with Gasteiger partial charge >= 0.3 is 0 Å². The summed E-state index contributed by atoms with van der Waals surface area (Å²) >= 11 is 0. The van der Waals surface area contributed by atoms with Gasteiger partial charge in [0, 0.05) is 11.5 Å². The minimum Gasteiger partial charge on any atom is -0.207 e. The largest absolute Gasteiger partial charge is 0.207 e. The lowest BCUT2D eigenvalue weighted by Gasteiger charge is -2.20. The Labute approximate surface area is 103 Å². The zero-order valence-corrected chi connectivity index (χ0v) is 10.8. The Morgan fingerprint density at radius 2 is 1.71 bits per heavy atom. The number of halogens is 1. The highest BCUT2D eigenvalue weighted by Gasteiger charge is 2.16. The third-order valence-corrected chi connectivity index (χ3v) is 3.08. The van der Waals surface area contributed by atoms with E-state index in [-0.39, 0.29) is 11.7 Å². The van der Waals surface area contributed by atoms with Gasteiger partial charge in [0.05, 0.1) is 0 Å². The summed E-state index contributed by atoms with van der Waals surface area (Å²) in [5.41, 5.74) is 6.03. The highest BCUT2D eigenvalue weighted by Crippen LogP contribution is 2.30. The first-order valence-corrected chi connectivity index (χ1v) is 5.82. The summed E-state index contributed by atoms with van der Waals surface area (Å²) in [6.07, 6.45) is 0. The topological polar surface area (TPSA) is 0 Å². The van der Waals surface area contributed by atoms with Crippen LogP contribution in [0.2, 0.25) is 0 Å². The molecule has 17 heavy (non-hydrogen) atoms. The predicted octanol–water partition coefficient (Wildman–Crippen LogP) is 4.84. The molecule has 0 aliphatic rings. The molecule has 0 spiro atoms. The van der Waals surface area contributed by atoms with E-state index >= 15 is 0 Å². The normalized spacial score (nSPS) is 12.1. The van der Waals surface area contributed by atoms with Gasteiger partial charge in [-0.05, 0) is 23.6 Å². The van der Waals surface area contributed by atoms with Gasteiger partial charge in [-0.25, -0.2) is 4.39 Å². The van der Waals surface area contributed by atoms with Crippen molar-refractivity contribution in [2.45, 2.75) is 20.8 Å². The summed E-state index contributed by atoms with van der Waals surface area (Å²) in [5, 5.41) is 0. The smallest absolute Gasteiger partial charge is 0.123 e. The Bertz CT molecular complexity index is 445. The molecular weight excluding hydrogens is 211 g/mol. The summed E-state index contributed by atoms with van der Waals surface area (Å²) < 4.78 is 12.9. The second-order valence-corrected chi connectivity index (χ2v) is 4.55. The molecule has 1 atom stereocenters. The van der Waals surface area contributed by atoms with E-state index in [1.165, 1.54) is 12.1 Å². The van der Waals surface area contributed by atoms with Crippen molar-refractivity contribution in [3.05, 3.63) is 60.1 Å². The molecule has 0 aromatic heterocycles. The molecule has 0 nitrogen and oxygen atoms in total. The van der Waals surface area contributed by atoms with Gasteiger partial charge in [-0.15, -0.1) is 5.73 Å². The molecule has 0 fully saturated rings. The molecule has 0 aliphatic carbocycles. The minimum atomic E-state index is -0.229. The van der Waals surface area contributed by atoms with Crippen LogP contribution in [0.5, 0.6) is 0 Å². The van der Waals surface area contributed by atoms with Crippen LogP contribution >= 0.6 is 0 Å². The minimum absolute atomic E-state index is 0.179. The summed E-state index contributed by atoms with van der Waals surface area (Å²) in [4.78, 5) is 0.